The lowest BCUT2D eigenvalue weighted by Gasteiger charge is -2.31. The van der Waals surface area contributed by atoms with Gasteiger partial charge in [-0.1, -0.05) is 42.5 Å². The maximum absolute atomic E-state index is 15.2. The maximum Gasteiger partial charge on any atom is 0.167 e. The molecule has 1 saturated carbocycles. The zero-order valence-corrected chi connectivity index (χ0v) is 24.3. The molecule has 1 N–H and O–H groups in total. The smallest absolute Gasteiger partial charge is 0.167 e. The van der Waals surface area contributed by atoms with E-state index < -0.39 is 47.1 Å². The average Bonchev–Trinajstić information content (AvgIpc) is 3.86. The highest BCUT2D eigenvalue weighted by atomic mass is 19.2. The van der Waals surface area contributed by atoms with Crippen LogP contribution in [0.5, 0.6) is 0 Å². The van der Waals surface area contributed by atoms with Crippen molar-refractivity contribution in [3.8, 4) is 11.1 Å². The number of aliphatic hydroxyl groups is 1. The summed E-state index contributed by atoms with van der Waals surface area (Å²) in [5.74, 6) is -6.45. The van der Waals surface area contributed by atoms with Crippen LogP contribution < -0.4 is 0 Å². The van der Waals surface area contributed by atoms with E-state index in [0.717, 1.165) is 18.4 Å². The Morgan fingerprint density at radius 1 is 0.750 bits per heavy atom. The lowest BCUT2D eigenvalue weighted by atomic mass is 9.78. The second kappa shape index (κ2) is 12.7. The van der Waals surface area contributed by atoms with E-state index in [4.69, 9.17) is 9.47 Å². The Kier molecular flexibility index (Phi) is 8.91. The van der Waals surface area contributed by atoms with Gasteiger partial charge < -0.3 is 14.6 Å². The van der Waals surface area contributed by atoms with Gasteiger partial charge in [0.1, 0.15) is 6.10 Å². The molecule has 2 fully saturated rings. The first-order chi connectivity index (χ1) is 21.1. The molecule has 2 aliphatic carbocycles. The fourth-order valence-corrected chi connectivity index (χ4v) is 6.59. The summed E-state index contributed by atoms with van der Waals surface area (Å²) in [6.07, 6.45) is 4.84. The summed E-state index contributed by atoms with van der Waals surface area (Å²) in [6.45, 7) is 2.21. The van der Waals surface area contributed by atoms with Crippen LogP contribution >= 0.6 is 0 Å². The number of epoxide rings is 1. The van der Waals surface area contributed by atoms with Gasteiger partial charge in [0.2, 0.25) is 0 Å². The normalized spacial score (nSPS) is 24.2. The van der Waals surface area contributed by atoms with E-state index >= 15 is 8.78 Å². The topological polar surface area (TPSA) is 42.0 Å². The van der Waals surface area contributed by atoms with E-state index in [1.807, 2.05) is 6.08 Å². The highest BCUT2D eigenvalue weighted by Gasteiger charge is 2.32. The first-order valence-corrected chi connectivity index (χ1v) is 15.2. The Morgan fingerprint density at radius 3 is 1.93 bits per heavy atom. The summed E-state index contributed by atoms with van der Waals surface area (Å²) in [5, 5.41) is 9.62. The lowest BCUT2D eigenvalue weighted by Crippen LogP contribution is -2.23. The monoisotopic (exact) mass is 616 g/mol. The fraction of sp³-hybridized carbons (Fsp3) is 0.429. The molecule has 3 aromatic rings. The number of rotatable bonds is 8. The van der Waals surface area contributed by atoms with Crippen molar-refractivity contribution >= 4 is 5.57 Å². The Bertz CT molecular complexity index is 1570. The van der Waals surface area contributed by atoms with Gasteiger partial charge in [-0.2, -0.15) is 0 Å². The van der Waals surface area contributed by atoms with Crippen molar-refractivity contribution in [1.29, 1.82) is 0 Å². The molecule has 3 unspecified atom stereocenters. The Balaban J connectivity index is 1.03. The van der Waals surface area contributed by atoms with E-state index in [9.17, 15) is 22.7 Å². The van der Waals surface area contributed by atoms with Gasteiger partial charge >= 0.3 is 0 Å². The molecule has 3 atom stereocenters. The zero-order chi connectivity index (χ0) is 31.1. The van der Waals surface area contributed by atoms with Crippen LogP contribution in [0.1, 0.15) is 92.2 Å². The highest BCUT2D eigenvalue weighted by Crippen LogP contribution is 2.41. The molecule has 234 valence electrons. The average molecular weight is 617 g/mol. The van der Waals surface area contributed by atoms with Crippen LogP contribution in [-0.4, -0.2) is 24.4 Å². The number of ether oxygens (including phenoxy) is 2. The van der Waals surface area contributed by atoms with Gasteiger partial charge in [0.15, 0.2) is 34.9 Å². The van der Waals surface area contributed by atoms with Crippen LogP contribution in [0, 0.1) is 40.8 Å². The molecule has 44 heavy (non-hydrogen) atoms. The quantitative estimate of drug-likeness (QED) is 0.203. The van der Waals surface area contributed by atoms with Crippen LogP contribution in [0.3, 0.4) is 0 Å². The van der Waals surface area contributed by atoms with Crippen LogP contribution in [-0.2, 0) is 9.47 Å². The number of aliphatic hydroxyl groups excluding tert-OH is 1. The fourth-order valence-electron chi connectivity index (χ4n) is 6.59. The molecule has 1 saturated heterocycles. The third-order valence-electron chi connectivity index (χ3n) is 9.32. The van der Waals surface area contributed by atoms with E-state index in [0.29, 0.717) is 45.3 Å². The summed E-state index contributed by atoms with van der Waals surface area (Å²) in [6, 6.07) is 8.32. The summed E-state index contributed by atoms with van der Waals surface area (Å²) in [7, 11) is 0. The summed E-state index contributed by atoms with van der Waals surface area (Å²) in [5.41, 5.74) is 0.525. The van der Waals surface area contributed by atoms with E-state index in [-0.39, 0.29) is 51.3 Å². The SMILES string of the molecule is CC(O)c1ccc(C2=CCC(OCC3CCC(c4ccc(-c5ccc(C6CO6)c(F)c5F)c(F)c4F)CC3)CC2)c(F)c1F. The molecule has 9 heteroatoms. The molecule has 3 aliphatic rings. The number of hydrogen-bond donors (Lipinski definition) is 1. The Labute approximate surface area is 252 Å². The van der Waals surface area contributed by atoms with Crippen molar-refractivity contribution < 1.29 is 40.9 Å². The zero-order valence-electron chi connectivity index (χ0n) is 24.3. The van der Waals surface area contributed by atoms with E-state index in [1.54, 1.807) is 0 Å². The first-order valence-electron chi connectivity index (χ1n) is 15.2. The van der Waals surface area contributed by atoms with Crippen molar-refractivity contribution in [2.24, 2.45) is 5.92 Å². The maximum atomic E-state index is 15.2. The minimum atomic E-state index is -1.22. The van der Waals surface area contributed by atoms with Gasteiger partial charge in [-0.15, -0.1) is 0 Å². The van der Waals surface area contributed by atoms with E-state index in [2.05, 4.69) is 0 Å². The first kappa shape index (κ1) is 30.9. The minimum Gasteiger partial charge on any atom is -0.389 e. The number of benzene rings is 3. The summed E-state index contributed by atoms with van der Waals surface area (Å²) >= 11 is 0. The minimum absolute atomic E-state index is 0.0451. The van der Waals surface area contributed by atoms with Crippen LogP contribution in [0.4, 0.5) is 26.3 Å². The summed E-state index contributed by atoms with van der Waals surface area (Å²) in [4.78, 5) is 0. The third-order valence-corrected chi connectivity index (χ3v) is 9.32. The Hall–Kier alpha value is -3.14. The van der Waals surface area contributed by atoms with Gasteiger partial charge in [-0.25, -0.2) is 26.3 Å². The lowest BCUT2D eigenvalue weighted by molar-refractivity contribution is 0.0157. The number of hydrogen-bond acceptors (Lipinski definition) is 3. The van der Waals surface area contributed by atoms with Gasteiger partial charge in [-0.3, -0.25) is 0 Å². The van der Waals surface area contributed by atoms with Crippen molar-refractivity contribution in [3.05, 3.63) is 99.6 Å². The molecule has 1 heterocycles. The standard InChI is InChI=1S/C35H34F6O3/c1-18(42)23-10-11-24(31(37)30(23)36)21-6-8-22(9-7-21)43-16-19-2-4-20(5-3-19)25-12-13-26(33(39)32(25)38)27-14-15-28(29-17-44-29)35(41)34(27)40/h6,10-15,18-20,22,29,42H,2-5,7-9,16-17H2,1H3. The molecule has 0 aromatic heterocycles. The van der Waals surface area contributed by atoms with Crippen molar-refractivity contribution in [2.75, 3.05) is 13.2 Å². The predicted molar refractivity (Wildman–Crippen MR) is 154 cm³/mol. The summed E-state index contributed by atoms with van der Waals surface area (Å²) < 4.78 is 99.8. The molecule has 0 spiro atoms. The van der Waals surface area contributed by atoms with E-state index in [1.165, 1.54) is 43.3 Å². The predicted octanol–water partition coefficient (Wildman–Crippen LogP) is 9.24. The second-order valence-electron chi connectivity index (χ2n) is 12.2. The van der Waals surface area contributed by atoms with Gasteiger partial charge in [0, 0.05) is 34.4 Å². The molecule has 1 aliphatic heterocycles. The molecule has 3 aromatic carbocycles. The largest absolute Gasteiger partial charge is 0.389 e. The number of halogens is 6. The van der Waals surface area contributed by atoms with Gasteiger partial charge in [0.25, 0.3) is 0 Å². The van der Waals surface area contributed by atoms with Crippen molar-refractivity contribution in [1.82, 2.24) is 0 Å². The molecule has 6 rings (SSSR count). The second-order valence-corrected chi connectivity index (χ2v) is 12.2. The Morgan fingerprint density at radius 2 is 1.34 bits per heavy atom. The van der Waals surface area contributed by atoms with Gasteiger partial charge in [-0.05, 0) is 74.8 Å². The molecule has 0 bridgehead atoms. The molecule has 0 radical (unpaired) electrons. The van der Waals surface area contributed by atoms with Gasteiger partial charge in [0.05, 0.1) is 18.8 Å². The third kappa shape index (κ3) is 6.06. The molecular weight excluding hydrogens is 582 g/mol. The van der Waals surface area contributed by atoms with Crippen LogP contribution in [0.2, 0.25) is 0 Å². The van der Waals surface area contributed by atoms with Crippen LogP contribution in [0.15, 0.2) is 42.5 Å². The highest BCUT2D eigenvalue weighted by molar-refractivity contribution is 5.68. The molecule has 0 amide bonds. The van der Waals surface area contributed by atoms with Crippen LogP contribution in [0.25, 0.3) is 16.7 Å². The van der Waals surface area contributed by atoms with Crippen molar-refractivity contribution in [3.63, 3.8) is 0 Å². The molecule has 3 nitrogen and oxygen atoms in total. The van der Waals surface area contributed by atoms with Crippen molar-refractivity contribution in [2.45, 2.75) is 76.1 Å². The number of allylic oxidation sites excluding steroid dienone is 1. The molecular formula is C35H34F6O3.